The fourth-order valence-electron chi connectivity index (χ4n) is 2.39. The molecule has 0 saturated carbocycles. The lowest BCUT2D eigenvalue weighted by molar-refractivity contribution is -0.105. The Balaban J connectivity index is 1.90. The van der Waals surface area contributed by atoms with Gasteiger partial charge in [0.25, 0.3) is 0 Å². The number of piperidine rings is 1. The summed E-state index contributed by atoms with van der Waals surface area (Å²) in [7, 11) is 0. The van der Waals surface area contributed by atoms with E-state index >= 15 is 0 Å². The van der Waals surface area contributed by atoms with Crippen molar-refractivity contribution in [3.63, 3.8) is 0 Å². The average Bonchev–Trinajstić information content (AvgIpc) is 2.19. The molecule has 1 amide bonds. The van der Waals surface area contributed by atoms with Crippen LogP contribution >= 0.6 is 11.6 Å². The van der Waals surface area contributed by atoms with Crippen molar-refractivity contribution in [3.8, 4) is 0 Å². The first kappa shape index (κ1) is 10.2. The highest BCUT2D eigenvalue weighted by Gasteiger charge is 2.37. The average molecular weight is 218 g/mol. The molecule has 0 aromatic carbocycles. The van der Waals surface area contributed by atoms with Gasteiger partial charge in [0.15, 0.2) is 0 Å². The number of likely N-dealkylation sites (tertiary alicyclic amines) is 1. The van der Waals surface area contributed by atoms with Crippen molar-refractivity contribution in [3.05, 3.63) is 0 Å². The molecule has 2 aliphatic heterocycles. The van der Waals surface area contributed by atoms with Crippen LogP contribution in [-0.2, 0) is 4.74 Å². The zero-order chi connectivity index (χ0) is 10.0. The van der Waals surface area contributed by atoms with E-state index in [1.165, 1.54) is 12.8 Å². The van der Waals surface area contributed by atoms with E-state index in [1.807, 2.05) is 0 Å². The quantitative estimate of drug-likeness (QED) is 0.461. The van der Waals surface area contributed by atoms with Crippen LogP contribution in [0.2, 0.25) is 0 Å². The minimum atomic E-state index is -0.323. The third-order valence-corrected chi connectivity index (χ3v) is 3.60. The van der Waals surface area contributed by atoms with Crippen molar-refractivity contribution in [2.45, 2.75) is 37.7 Å². The van der Waals surface area contributed by atoms with Crippen LogP contribution in [0.3, 0.4) is 0 Å². The van der Waals surface area contributed by atoms with E-state index in [9.17, 15) is 4.79 Å². The molecule has 0 aromatic heterocycles. The zero-order valence-corrected chi connectivity index (χ0v) is 9.05. The van der Waals surface area contributed by atoms with Crippen molar-refractivity contribution in [2.24, 2.45) is 0 Å². The molecule has 2 rings (SSSR count). The van der Waals surface area contributed by atoms with E-state index in [0.717, 1.165) is 39.0 Å². The summed E-state index contributed by atoms with van der Waals surface area (Å²) in [5.74, 6) is 0. The lowest BCUT2D eigenvalue weighted by atomic mass is 9.85. The number of hydrogen-bond acceptors (Lipinski definition) is 2. The summed E-state index contributed by atoms with van der Waals surface area (Å²) in [5, 5.41) is -0.323. The summed E-state index contributed by atoms with van der Waals surface area (Å²) in [5.41, 5.74) is 0.0705. The van der Waals surface area contributed by atoms with Gasteiger partial charge in [-0.3, -0.25) is 4.79 Å². The number of halogens is 1. The molecule has 14 heavy (non-hydrogen) atoms. The molecule has 0 bridgehead atoms. The van der Waals surface area contributed by atoms with Gasteiger partial charge in [-0.1, -0.05) is 0 Å². The standard InChI is InChI=1S/C10H16ClNO2/c11-9(13)12-6-4-10(5-7-12)3-1-2-8-14-10/h1-8H2. The van der Waals surface area contributed by atoms with Crippen LogP contribution < -0.4 is 0 Å². The lowest BCUT2D eigenvalue weighted by Crippen LogP contribution is -2.48. The van der Waals surface area contributed by atoms with Crippen LogP contribution in [-0.4, -0.2) is 35.6 Å². The molecule has 1 spiro atoms. The molecule has 2 fully saturated rings. The van der Waals surface area contributed by atoms with Gasteiger partial charge in [-0.15, -0.1) is 0 Å². The Kier molecular flexibility index (Phi) is 2.98. The highest BCUT2D eigenvalue weighted by atomic mass is 35.5. The monoisotopic (exact) mass is 217 g/mol. The van der Waals surface area contributed by atoms with Gasteiger partial charge >= 0.3 is 5.37 Å². The minimum Gasteiger partial charge on any atom is -0.375 e. The predicted molar refractivity (Wildman–Crippen MR) is 54.6 cm³/mol. The van der Waals surface area contributed by atoms with Gasteiger partial charge in [0.05, 0.1) is 5.60 Å². The third-order valence-electron chi connectivity index (χ3n) is 3.36. The summed E-state index contributed by atoms with van der Waals surface area (Å²) in [6, 6.07) is 0. The number of ether oxygens (including phenoxy) is 1. The number of carbonyl (C=O) groups is 1. The maximum Gasteiger partial charge on any atom is 0.316 e. The van der Waals surface area contributed by atoms with E-state index in [2.05, 4.69) is 0 Å². The van der Waals surface area contributed by atoms with E-state index in [-0.39, 0.29) is 11.0 Å². The van der Waals surface area contributed by atoms with E-state index in [4.69, 9.17) is 16.3 Å². The molecule has 2 aliphatic rings. The molecule has 2 saturated heterocycles. The zero-order valence-electron chi connectivity index (χ0n) is 8.30. The van der Waals surface area contributed by atoms with Crippen LogP contribution in [0.5, 0.6) is 0 Å². The van der Waals surface area contributed by atoms with Crippen LogP contribution in [0.25, 0.3) is 0 Å². The molecule has 0 atom stereocenters. The highest BCUT2D eigenvalue weighted by Crippen LogP contribution is 2.34. The summed E-state index contributed by atoms with van der Waals surface area (Å²) in [6.07, 6.45) is 5.49. The molecule has 0 radical (unpaired) electrons. The van der Waals surface area contributed by atoms with Crippen molar-refractivity contribution in [1.29, 1.82) is 0 Å². The van der Waals surface area contributed by atoms with E-state index < -0.39 is 0 Å². The summed E-state index contributed by atoms with van der Waals surface area (Å²) in [6.45, 7) is 2.39. The van der Waals surface area contributed by atoms with Gasteiger partial charge in [0.1, 0.15) is 0 Å². The first-order valence-corrected chi connectivity index (χ1v) is 5.68. The molecule has 0 aromatic rings. The molecule has 80 valence electrons. The van der Waals surface area contributed by atoms with Gasteiger partial charge in [-0.25, -0.2) is 0 Å². The van der Waals surface area contributed by atoms with Gasteiger partial charge in [-0.05, 0) is 43.7 Å². The third kappa shape index (κ3) is 2.04. The smallest absolute Gasteiger partial charge is 0.316 e. The van der Waals surface area contributed by atoms with Crippen LogP contribution in [0.15, 0.2) is 0 Å². The highest BCUT2D eigenvalue weighted by molar-refractivity contribution is 6.62. The van der Waals surface area contributed by atoms with Crippen molar-refractivity contribution >= 4 is 17.0 Å². The molecule has 4 heteroatoms. The first-order chi connectivity index (χ1) is 6.72. The summed E-state index contributed by atoms with van der Waals surface area (Å²) in [4.78, 5) is 12.6. The second-order valence-corrected chi connectivity index (χ2v) is 4.55. The molecule has 0 unspecified atom stereocenters. The predicted octanol–water partition coefficient (Wildman–Crippen LogP) is 2.38. The lowest BCUT2D eigenvalue weighted by Gasteiger charge is -2.43. The van der Waals surface area contributed by atoms with Crippen LogP contribution in [0, 0.1) is 0 Å². The van der Waals surface area contributed by atoms with Gasteiger partial charge < -0.3 is 9.64 Å². The topological polar surface area (TPSA) is 29.5 Å². The molecule has 3 nitrogen and oxygen atoms in total. The normalized spacial score (nSPS) is 26.5. The number of amides is 1. The molecule has 0 aliphatic carbocycles. The first-order valence-electron chi connectivity index (χ1n) is 5.30. The number of hydrogen-bond donors (Lipinski definition) is 0. The van der Waals surface area contributed by atoms with Crippen molar-refractivity contribution < 1.29 is 9.53 Å². The Morgan fingerprint density at radius 3 is 2.43 bits per heavy atom. The van der Waals surface area contributed by atoms with Gasteiger partial charge in [-0.2, -0.15) is 0 Å². The minimum absolute atomic E-state index is 0.0705. The van der Waals surface area contributed by atoms with Gasteiger partial charge in [0, 0.05) is 19.7 Å². The SMILES string of the molecule is O=C(Cl)N1CCC2(CCCCO2)CC1. The molecular formula is C10H16ClNO2. The van der Waals surface area contributed by atoms with Gasteiger partial charge in [0.2, 0.25) is 0 Å². The largest absolute Gasteiger partial charge is 0.375 e. The van der Waals surface area contributed by atoms with Crippen molar-refractivity contribution in [2.75, 3.05) is 19.7 Å². The number of nitrogens with zero attached hydrogens (tertiary/aromatic N) is 1. The van der Waals surface area contributed by atoms with Crippen molar-refractivity contribution in [1.82, 2.24) is 4.90 Å². The maximum atomic E-state index is 10.9. The van der Waals surface area contributed by atoms with E-state index in [1.54, 1.807) is 4.90 Å². The Morgan fingerprint density at radius 1 is 1.21 bits per heavy atom. The molecule has 2 heterocycles. The summed E-state index contributed by atoms with van der Waals surface area (Å²) < 4.78 is 5.85. The summed E-state index contributed by atoms with van der Waals surface area (Å²) >= 11 is 5.43. The fourth-order valence-corrected chi connectivity index (χ4v) is 2.56. The second-order valence-electron chi connectivity index (χ2n) is 4.23. The Morgan fingerprint density at radius 2 is 1.93 bits per heavy atom. The number of carbonyl (C=O) groups excluding carboxylic acids is 1. The maximum absolute atomic E-state index is 10.9. The van der Waals surface area contributed by atoms with E-state index in [0.29, 0.717) is 0 Å². The molecule has 0 N–H and O–H groups in total. The molecular weight excluding hydrogens is 202 g/mol. The Hall–Kier alpha value is -0.280. The van der Waals surface area contributed by atoms with Crippen LogP contribution in [0.1, 0.15) is 32.1 Å². The fraction of sp³-hybridized carbons (Fsp3) is 0.900. The second kappa shape index (κ2) is 4.07. The van der Waals surface area contributed by atoms with Crippen LogP contribution in [0.4, 0.5) is 4.79 Å². The Bertz CT molecular complexity index is 216. The Labute approximate surface area is 89.4 Å². The number of rotatable bonds is 0.